The minimum atomic E-state index is 0.717. The second-order valence-corrected chi connectivity index (χ2v) is 5.27. The van der Waals surface area contributed by atoms with Crippen LogP contribution in [0.5, 0.6) is 0 Å². The summed E-state index contributed by atoms with van der Waals surface area (Å²) in [7, 11) is 0. The lowest BCUT2D eigenvalue weighted by Crippen LogP contribution is -2.29. The van der Waals surface area contributed by atoms with Crippen molar-refractivity contribution in [3.8, 4) is 0 Å². The van der Waals surface area contributed by atoms with E-state index in [4.69, 9.17) is 11.6 Å². The SMILES string of the molecule is Cc1cc(CNCCNCC(C)C)ccc1Cl. The molecule has 0 atom stereocenters. The van der Waals surface area contributed by atoms with E-state index in [1.165, 1.54) is 5.56 Å². The first kappa shape index (κ1) is 14.5. The Morgan fingerprint density at radius 1 is 1.18 bits per heavy atom. The fourth-order valence-electron chi connectivity index (χ4n) is 1.62. The molecule has 0 fully saturated rings. The molecule has 1 rings (SSSR count). The number of halogens is 1. The molecule has 1 aromatic rings. The number of hydrogen-bond acceptors (Lipinski definition) is 2. The second kappa shape index (κ2) is 7.70. The molecule has 2 nitrogen and oxygen atoms in total. The van der Waals surface area contributed by atoms with Gasteiger partial charge in [0, 0.05) is 24.7 Å². The molecule has 0 unspecified atom stereocenters. The Morgan fingerprint density at radius 3 is 2.53 bits per heavy atom. The molecule has 0 aliphatic heterocycles. The van der Waals surface area contributed by atoms with Gasteiger partial charge < -0.3 is 10.6 Å². The maximum atomic E-state index is 5.98. The monoisotopic (exact) mass is 254 g/mol. The molecule has 0 aliphatic rings. The molecule has 0 amide bonds. The second-order valence-electron chi connectivity index (χ2n) is 4.86. The molecule has 17 heavy (non-hydrogen) atoms. The van der Waals surface area contributed by atoms with Crippen molar-refractivity contribution < 1.29 is 0 Å². The Bertz CT molecular complexity index is 337. The fourth-order valence-corrected chi connectivity index (χ4v) is 1.73. The van der Waals surface area contributed by atoms with Crippen LogP contribution < -0.4 is 10.6 Å². The van der Waals surface area contributed by atoms with Crippen LogP contribution in [0, 0.1) is 12.8 Å². The van der Waals surface area contributed by atoms with E-state index in [-0.39, 0.29) is 0 Å². The third-order valence-electron chi connectivity index (χ3n) is 2.58. The van der Waals surface area contributed by atoms with E-state index in [9.17, 15) is 0 Å². The summed E-state index contributed by atoms with van der Waals surface area (Å²) in [5.41, 5.74) is 2.43. The molecule has 0 aromatic heterocycles. The quantitative estimate of drug-likeness (QED) is 0.731. The van der Waals surface area contributed by atoms with Crippen molar-refractivity contribution in [3.63, 3.8) is 0 Å². The Hall–Kier alpha value is -0.570. The van der Waals surface area contributed by atoms with E-state index in [1.54, 1.807) is 0 Å². The third-order valence-corrected chi connectivity index (χ3v) is 3.01. The molecule has 3 heteroatoms. The number of rotatable bonds is 7. The Balaban J connectivity index is 2.16. The highest BCUT2D eigenvalue weighted by atomic mass is 35.5. The van der Waals surface area contributed by atoms with E-state index >= 15 is 0 Å². The van der Waals surface area contributed by atoms with Crippen molar-refractivity contribution >= 4 is 11.6 Å². The van der Waals surface area contributed by atoms with Gasteiger partial charge in [0.15, 0.2) is 0 Å². The van der Waals surface area contributed by atoms with Crippen LogP contribution in [-0.4, -0.2) is 19.6 Å². The van der Waals surface area contributed by atoms with Gasteiger partial charge in [0.05, 0.1) is 0 Å². The average Bonchev–Trinajstić information content (AvgIpc) is 2.27. The Kier molecular flexibility index (Phi) is 6.56. The largest absolute Gasteiger partial charge is 0.315 e. The van der Waals surface area contributed by atoms with Crippen molar-refractivity contribution in [1.82, 2.24) is 10.6 Å². The van der Waals surface area contributed by atoms with Crippen molar-refractivity contribution in [2.24, 2.45) is 5.92 Å². The van der Waals surface area contributed by atoms with Crippen LogP contribution in [0.1, 0.15) is 25.0 Å². The fraction of sp³-hybridized carbons (Fsp3) is 0.571. The van der Waals surface area contributed by atoms with Crippen molar-refractivity contribution in [1.29, 1.82) is 0 Å². The first-order chi connectivity index (χ1) is 8.09. The van der Waals surface area contributed by atoms with Crippen LogP contribution in [0.2, 0.25) is 5.02 Å². The zero-order valence-electron chi connectivity index (χ0n) is 11.0. The number of benzene rings is 1. The highest BCUT2D eigenvalue weighted by molar-refractivity contribution is 6.31. The van der Waals surface area contributed by atoms with Crippen molar-refractivity contribution in [2.45, 2.75) is 27.3 Å². The predicted molar refractivity (Wildman–Crippen MR) is 75.6 cm³/mol. The van der Waals surface area contributed by atoms with E-state index in [0.29, 0.717) is 5.92 Å². The smallest absolute Gasteiger partial charge is 0.0435 e. The van der Waals surface area contributed by atoms with Gasteiger partial charge in [0.2, 0.25) is 0 Å². The standard InChI is InChI=1S/C14H23ClN2/c1-11(2)9-16-6-7-17-10-13-4-5-14(15)12(3)8-13/h4-5,8,11,16-17H,6-7,9-10H2,1-3H3. The van der Waals surface area contributed by atoms with Crippen LogP contribution >= 0.6 is 11.6 Å². The van der Waals surface area contributed by atoms with Crippen LogP contribution in [0.4, 0.5) is 0 Å². The van der Waals surface area contributed by atoms with Gasteiger partial charge in [-0.05, 0) is 36.6 Å². The average molecular weight is 255 g/mol. The summed E-state index contributed by atoms with van der Waals surface area (Å²) in [6, 6.07) is 6.17. The zero-order valence-corrected chi connectivity index (χ0v) is 11.8. The normalized spacial score (nSPS) is 11.1. The first-order valence-corrected chi connectivity index (χ1v) is 6.64. The highest BCUT2D eigenvalue weighted by Gasteiger charge is 1.97. The summed E-state index contributed by atoms with van der Waals surface area (Å²) >= 11 is 5.98. The van der Waals surface area contributed by atoms with Gasteiger partial charge in [-0.15, -0.1) is 0 Å². The van der Waals surface area contributed by atoms with E-state index < -0.39 is 0 Å². The van der Waals surface area contributed by atoms with Crippen LogP contribution in [0.25, 0.3) is 0 Å². The van der Waals surface area contributed by atoms with E-state index in [2.05, 4.69) is 36.6 Å². The molecule has 2 N–H and O–H groups in total. The molecular weight excluding hydrogens is 232 g/mol. The third kappa shape index (κ3) is 6.06. The van der Waals surface area contributed by atoms with Gasteiger partial charge in [0.25, 0.3) is 0 Å². The van der Waals surface area contributed by atoms with Crippen LogP contribution in [0.15, 0.2) is 18.2 Å². The molecule has 0 saturated heterocycles. The lowest BCUT2D eigenvalue weighted by Gasteiger charge is -2.09. The summed E-state index contributed by atoms with van der Waals surface area (Å²) in [4.78, 5) is 0. The van der Waals surface area contributed by atoms with E-state index in [0.717, 1.165) is 36.8 Å². The van der Waals surface area contributed by atoms with Gasteiger partial charge in [0.1, 0.15) is 0 Å². The molecule has 0 bridgehead atoms. The summed E-state index contributed by atoms with van der Waals surface area (Å²) in [6.45, 7) is 10.5. The van der Waals surface area contributed by atoms with E-state index in [1.807, 2.05) is 13.0 Å². The van der Waals surface area contributed by atoms with Gasteiger partial charge in [-0.1, -0.05) is 37.6 Å². The van der Waals surface area contributed by atoms with Crippen LogP contribution in [-0.2, 0) is 6.54 Å². The van der Waals surface area contributed by atoms with Crippen molar-refractivity contribution in [2.75, 3.05) is 19.6 Å². The summed E-state index contributed by atoms with van der Waals surface area (Å²) in [6.07, 6.45) is 0. The minimum absolute atomic E-state index is 0.717. The summed E-state index contributed by atoms with van der Waals surface area (Å²) in [5, 5.41) is 7.66. The summed E-state index contributed by atoms with van der Waals surface area (Å²) in [5.74, 6) is 0.717. The maximum absolute atomic E-state index is 5.98. The van der Waals surface area contributed by atoms with Crippen molar-refractivity contribution in [3.05, 3.63) is 34.3 Å². The topological polar surface area (TPSA) is 24.1 Å². The van der Waals surface area contributed by atoms with Crippen LogP contribution in [0.3, 0.4) is 0 Å². The zero-order chi connectivity index (χ0) is 12.7. The van der Waals surface area contributed by atoms with Gasteiger partial charge in [-0.2, -0.15) is 0 Å². The Morgan fingerprint density at radius 2 is 1.88 bits per heavy atom. The van der Waals surface area contributed by atoms with Gasteiger partial charge in [-0.25, -0.2) is 0 Å². The minimum Gasteiger partial charge on any atom is -0.315 e. The molecule has 0 heterocycles. The lowest BCUT2D eigenvalue weighted by molar-refractivity contribution is 0.535. The van der Waals surface area contributed by atoms with Gasteiger partial charge in [-0.3, -0.25) is 0 Å². The molecule has 96 valence electrons. The molecule has 0 aliphatic carbocycles. The number of aryl methyl sites for hydroxylation is 1. The van der Waals surface area contributed by atoms with Gasteiger partial charge >= 0.3 is 0 Å². The number of nitrogens with one attached hydrogen (secondary N) is 2. The predicted octanol–water partition coefficient (Wildman–Crippen LogP) is 2.98. The number of hydrogen-bond donors (Lipinski definition) is 2. The first-order valence-electron chi connectivity index (χ1n) is 6.26. The summed E-state index contributed by atoms with van der Waals surface area (Å²) < 4.78 is 0. The molecule has 0 radical (unpaired) electrons. The molecule has 0 saturated carbocycles. The molecular formula is C14H23ClN2. The lowest BCUT2D eigenvalue weighted by atomic mass is 10.1. The maximum Gasteiger partial charge on any atom is 0.0435 e. The Labute approximate surface area is 110 Å². The molecule has 0 spiro atoms. The highest BCUT2D eigenvalue weighted by Crippen LogP contribution is 2.15. The molecule has 1 aromatic carbocycles.